The number of fused-ring (bicyclic) bond motifs is 2. The molecule has 4 nitrogen and oxygen atoms in total. The van der Waals surface area contributed by atoms with Gasteiger partial charge in [0.1, 0.15) is 0 Å². The van der Waals surface area contributed by atoms with Crippen molar-refractivity contribution in [3.8, 4) is 0 Å². The van der Waals surface area contributed by atoms with Gasteiger partial charge in [-0.2, -0.15) is 0 Å². The van der Waals surface area contributed by atoms with Gasteiger partial charge in [0.15, 0.2) is 6.61 Å². The second kappa shape index (κ2) is 7.16. The fraction of sp³-hybridized carbons (Fsp3) is 0.579. The van der Waals surface area contributed by atoms with Crippen molar-refractivity contribution in [2.45, 2.75) is 45.4 Å². The molecule has 124 valence electrons. The van der Waals surface area contributed by atoms with Crippen LogP contribution >= 0.6 is 0 Å². The zero-order chi connectivity index (χ0) is 16.2. The number of aryl methyl sites for hydroxylation is 1. The Hall–Kier alpha value is -1.84. The number of benzene rings is 1. The number of carbonyl (C=O) groups is 2. The van der Waals surface area contributed by atoms with E-state index in [0.29, 0.717) is 18.3 Å². The summed E-state index contributed by atoms with van der Waals surface area (Å²) in [6.07, 6.45) is 6.47. The van der Waals surface area contributed by atoms with Crippen molar-refractivity contribution in [2.75, 3.05) is 11.9 Å². The van der Waals surface area contributed by atoms with Crippen LogP contribution in [0.4, 0.5) is 5.69 Å². The van der Waals surface area contributed by atoms with Gasteiger partial charge < -0.3 is 10.1 Å². The molecule has 2 aliphatic rings. The maximum atomic E-state index is 11.9. The van der Waals surface area contributed by atoms with Gasteiger partial charge in [-0.25, -0.2) is 0 Å². The van der Waals surface area contributed by atoms with Gasteiger partial charge >= 0.3 is 5.97 Å². The van der Waals surface area contributed by atoms with E-state index in [4.69, 9.17) is 4.74 Å². The first-order chi connectivity index (χ1) is 11.1. The molecule has 3 rings (SSSR count). The molecule has 23 heavy (non-hydrogen) atoms. The minimum Gasteiger partial charge on any atom is -0.456 e. The zero-order valence-corrected chi connectivity index (χ0v) is 13.7. The van der Waals surface area contributed by atoms with Gasteiger partial charge in [-0.15, -0.1) is 0 Å². The smallest absolute Gasteiger partial charge is 0.306 e. The number of carbonyl (C=O) groups excluding carboxylic acids is 2. The highest BCUT2D eigenvalue weighted by Crippen LogP contribution is 2.49. The Kier molecular flexibility index (Phi) is 4.99. The molecule has 0 radical (unpaired) electrons. The maximum Gasteiger partial charge on any atom is 0.306 e. The molecule has 0 saturated heterocycles. The highest BCUT2D eigenvalue weighted by molar-refractivity contribution is 5.92. The first kappa shape index (κ1) is 16.0. The van der Waals surface area contributed by atoms with Gasteiger partial charge in [-0.1, -0.05) is 25.5 Å². The summed E-state index contributed by atoms with van der Waals surface area (Å²) in [5.74, 6) is 1.49. The van der Waals surface area contributed by atoms with Crippen LogP contribution in [-0.2, 0) is 20.7 Å². The molecular formula is C19H25NO3. The SMILES string of the molecule is CCc1ccc(NC(=O)COC(=O)C[C@@H]2C[C@@H]3CC[C@@H]2C3)cc1. The fourth-order valence-electron chi connectivity index (χ4n) is 4.07. The van der Waals surface area contributed by atoms with Crippen molar-refractivity contribution in [1.29, 1.82) is 0 Å². The predicted octanol–water partition coefficient (Wildman–Crippen LogP) is 3.56. The summed E-state index contributed by atoms with van der Waals surface area (Å²) in [6.45, 7) is 1.89. The standard InChI is InChI=1S/C19H25NO3/c1-2-13-4-7-17(8-5-13)20-18(21)12-23-19(22)11-16-10-14-3-6-15(16)9-14/h4-5,7-8,14-16H,2-3,6,9-12H2,1H3,(H,20,21)/t14-,15-,16+/m1/s1. The number of hydrogen-bond acceptors (Lipinski definition) is 3. The molecule has 2 fully saturated rings. The highest BCUT2D eigenvalue weighted by atomic mass is 16.5. The molecule has 2 bridgehead atoms. The van der Waals surface area contributed by atoms with Crippen molar-refractivity contribution in [1.82, 2.24) is 0 Å². The summed E-state index contributed by atoms with van der Waals surface area (Å²) in [6, 6.07) is 7.70. The van der Waals surface area contributed by atoms with E-state index in [0.717, 1.165) is 24.4 Å². The Morgan fingerprint density at radius 1 is 1.17 bits per heavy atom. The van der Waals surface area contributed by atoms with Gasteiger partial charge in [-0.05, 0) is 61.1 Å². The lowest BCUT2D eigenvalue weighted by atomic mass is 9.86. The fourth-order valence-corrected chi connectivity index (χ4v) is 4.07. The Balaban J connectivity index is 1.39. The number of amides is 1. The van der Waals surface area contributed by atoms with E-state index in [1.165, 1.54) is 24.8 Å². The van der Waals surface area contributed by atoms with Gasteiger partial charge in [-0.3, -0.25) is 9.59 Å². The number of hydrogen-bond donors (Lipinski definition) is 1. The molecular weight excluding hydrogens is 290 g/mol. The first-order valence-corrected chi connectivity index (χ1v) is 8.68. The average Bonchev–Trinajstić information content (AvgIpc) is 3.16. The van der Waals surface area contributed by atoms with Crippen LogP contribution in [0.3, 0.4) is 0 Å². The molecule has 2 aliphatic carbocycles. The Morgan fingerprint density at radius 3 is 2.57 bits per heavy atom. The molecule has 1 aromatic carbocycles. The third kappa shape index (κ3) is 4.12. The topological polar surface area (TPSA) is 55.4 Å². The van der Waals surface area contributed by atoms with E-state index in [1.54, 1.807) is 0 Å². The summed E-state index contributed by atoms with van der Waals surface area (Å²) in [4.78, 5) is 23.8. The van der Waals surface area contributed by atoms with Gasteiger partial charge in [0.2, 0.25) is 0 Å². The molecule has 2 saturated carbocycles. The quantitative estimate of drug-likeness (QED) is 0.817. The molecule has 3 atom stereocenters. The molecule has 0 aliphatic heterocycles. The molecule has 0 aromatic heterocycles. The monoisotopic (exact) mass is 315 g/mol. The van der Waals surface area contributed by atoms with Crippen LogP contribution in [0, 0.1) is 17.8 Å². The van der Waals surface area contributed by atoms with Gasteiger partial charge in [0, 0.05) is 12.1 Å². The molecule has 1 N–H and O–H groups in total. The van der Waals surface area contributed by atoms with Crippen LogP contribution in [0.25, 0.3) is 0 Å². The molecule has 4 heteroatoms. The highest BCUT2D eigenvalue weighted by Gasteiger charge is 2.40. The average molecular weight is 315 g/mol. The number of anilines is 1. The predicted molar refractivity (Wildman–Crippen MR) is 89.0 cm³/mol. The lowest BCUT2D eigenvalue weighted by molar-refractivity contribution is -0.148. The van der Waals surface area contributed by atoms with Crippen LogP contribution in [-0.4, -0.2) is 18.5 Å². The van der Waals surface area contributed by atoms with Crippen LogP contribution in [0.5, 0.6) is 0 Å². The number of nitrogens with one attached hydrogen (secondary N) is 1. The van der Waals surface area contributed by atoms with Crippen LogP contribution in [0.15, 0.2) is 24.3 Å². The van der Waals surface area contributed by atoms with E-state index < -0.39 is 0 Å². The Labute approximate surface area is 137 Å². The molecule has 1 amide bonds. The summed E-state index contributed by atoms with van der Waals surface area (Å²) >= 11 is 0. The lowest BCUT2D eigenvalue weighted by Crippen LogP contribution is -2.23. The van der Waals surface area contributed by atoms with E-state index in [-0.39, 0.29) is 18.5 Å². The number of ether oxygens (including phenoxy) is 1. The van der Waals surface area contributed by atoms with Crippen molar-refractivity contribution < 1.29 is 14.3 Å². The van der Waals surface area contributed by atoms with Crippen LogP contribution in [0.1, 0.15) is 44.6 Å². The largest absolute Gasteiger partial charge is 0.456 e. The normalized spacial score (nSPS) is 25.3. The lowest BCUT2D eigenvalue weighted by Gasteiger charge is -2.20. The van der Waals surface area contributed by atoms with Crippen LogP contribution < -0.4 is 5.32 Å². The molecule has 1 aromatic rings. The Bertz CT molecular complexity index is 566. The van der Waals surface area contributed by atoms with Crippen molar-refractivity contribution in [3.63, 3.8) is 0 Å². The number of esters is 1. The minimum atomic E-state index is -0.282. The van der Waals surface area contributed by atoms with Gasteiger partial charge in [0.05, 0.1) is 0 Å². The summed E-state index contributed by atoms with van der Waals surface area (Å²) < 4.78 is 5.14. The minimum absolute atomic E-state index is 0.199. The number of rotatable bonds is 6. The van der Waals surface area contributed by atoms with E-state index >= 15 is 0 Å². The van der Waals surface area contributed by atoms with E-state index in [1.807, 2.05) is 24.3 Å². The van der Waals surface area contributed by atoms with E-state index in [2.05, 4.69) is 12.2 Å². The van der Waals surface area contributed by atoms with Crippen LogP contribution in [0.2, 0.25) is 0 Å². The maximum absolute atomic E-state index is 11.9. The summed E-state index contributed by atoms with van der Waals surface area (Å²) in [7, 11) is 0. The van der Waals surface area contributed by atoms with Crippen molar-refractivity contribution in [2.24, 2.45) is 17.8 Å². The summed E-state index contributed by atoms with van der Waals surface area (Å²) in [5.41, 5.74) is 1.96. The second-order valence-corrected chi connectivity index (χ2v) is 6.90. The van der Waals surface area contributed by atoms with E-state index in [9.17, 15) is 9.59 Å². The Morgan fingerprint density at radius 2 is 1.96 bits per heavy atom. The summed E-state index contributed by atoms with van der Waals surface area (Å²) in [5, 5.41) is 2.75. The van der Waals surface area contributed by atoms with Gasteiger partial charge in [0.25, 0.3) is 5.91 Å². The molecule has 0 unspecified atom stereocenters. The first-order valence-electron chi connectivity index (χ1n) is 8.68. The van der Waals surface area contributed by atoms with Crippen molar-refractivity contribution in [3.05, 3.63) is 29.8 Å². The molecule has 0 heterocycles. The third-order valence-electron chi connectivity index (χ3n) is 5.32. The van der Waals surface area contributed by atoms with Crippen molar-refractivity contribution >= 4 is 17.6 Å². The zero-order valence-electron chi connectivity index (χ0n) is 13.7. The third-order valence-corrected chi connectivity index (χ3v) is 5.32. The molecule has 0 spiro atoms. The second-order valence-electron chi connectivity index (χ2n) is 6.90.